The molecule has 0 aliphatic heterocycles. The van der Waals surface area contributed by atoms with Crippen LogP contribution in [0.3, 0.4) is 0 Å². The maximum absolute atomic E-state index is 12.4. The lowest BCUT2D eigenvalue weighted by atomic mass is 9.53. The molecule has 0 aromatic carbocycles. The Kier molecular flexibility index (Phi) is 5.01. The van der Waals surface area contributed by atoms with Crippen molar-refractivity contribution in [1.82, 2.24) is 10.6 Å². The van der Waals surface area contributed by atoms with E-state index in [-0.39, 0.29) is 29.9 Å². The van der Waals surface area contributed by atoms with Gasteiger partial charge in [0.15, 0.2) is 0 Å². The van der Waals surface area contributed by atoms with Gasteiger partial charge in [0.25, 0.3) is 0 Å². The largest absolute Gasteiger partial charge is 0.349 e. The van der Waals surface area contributed by atoms with E-state index in [1.54, 1.807) is 0 Å². The fourth-order valence-corrected chi connectivity index (χ4v) is 5.09. The average molecular weight is 301 g/mol. The highest BCUT2D eigenvalue weighted by Crippen LogP contribution is 2.55. The second kappa shape index (κ2) is 6.23. The molecule has 0 radical (unpaired) electrons. The molecular formula is C16H29ClN2O. The number of carbonyl (C=O) groups excluding carboxylic acids is 1. The van der Waals surface area contributed by atoms with Crippen LogP contribution in [-0.2, 0) is 4.79 Å². The number of carbonyl (C=O) groups is 1. The Bertz CT molecular complexity index is 323. The highest BCUT2D eigenvalue weighted by atomic mass is 35.5. The van der Waals surface area contributed by atoms with Crippen LogP contribution in [0.15, 0.2) is 0 Å². The predicted octanol–water partition coefficient (Wildman–Crippen LogP) is 2.88. The number of rotatable bonds is 5. The van der Waals surface area contributed by atoms with Crippen LogP contribution in [-0.4, -0.2) is 24.0 Å². The van der Waals surface area contributed by atoms with Gasteiger partial charge in [0.05, 0.1) is 6.04 Å². The summed E-state index contributed by atoms with van der Waals surface area (Å²) in [7, 11) is 0. The summed E-state index contributed by atoms with van der Waals surface area (Å²) in [6.45, 7) is 5.05. The van der Waals surface area contributed by atoms with Crippen molar-refractivity contribution in [2.75, 3.05) is 6.54 Å². The van der Waals surface area contributed by atoms with Crippen molar-refractivity contribution < 1.29 is 4.79 Å². The summed E-state index contributed by atoms with van der Waals surface area (Å²) < 4.78 is 0. The molecule has 4 heteroatoms. The van der Waals surface area contributed by atoms with Gasteiger partial charge < -0.3 is 10.6 Å². The molecule has 1 amide bonds. The van der Waals surface area contributed by atoms with Crippen LogP contribution in [0, 0.1) is 17.8 Å². The van der Waals surface area contributed by atoms with E-state index in [1.807, 2.05) is 6.92 Å². The zero-order valence-electron chi connectivity index (χ0n) is 12.8. The number of halogens is 1. The average Bonchev–Trinajstić information content (AvgIpc) is 2.33. The van der Waals surface area contributed by atoms with Gasteiger partial charge in [-0.3, -0.25) is 4.79 Å². The summed E-state index contributed by atoms with van der Waals surface area (Å²) in [4.78, 5) is 12.4. The van der Waals surface area contributed by atoms with Crippen LogP contribution in [0.1, 0.15) is 58.8 Å². The molecule has 116 valence electrons. The maximum Gasteiger partial charge on any atom is 0.237 e. The third kappa shape index (κ3) is 3.14. The Hall–Kier alpha value is -0.280. The summed E-state index contributed by atoms with van der Waals surface area (Å²) in [5, 5.41) is 6.73. The second-order valence-electron chi connectivity index (χ2n) is 7.36. The summed E-state index contributed by atoms with van der Waals surface area (Å²) in [5.41, 5.74) is 0.161. The fraction of sp³-hybridized carbons (Fsp3) is 0.938. The van der Waals surface area contributed by atoms with E-state index in [9.17, 15) is 4.79 Å². The molecule has 1 atom stereocenters. The van der Waals surface area contributed by atoms with E-state index in [0.717, 1.165) is 30.7 Å². The van der Waals surface area contributed by atoms with Crippen LogP contribution in [0.25, 0.3) is 0 Å². The fourth-order valence-electron chi connectivity index (χ4n) is 5.09. The van der Waals surface area contributed by atoms with Crippen LogP contribution < -0.4 is 10.6 Å². The maximum atomic E-state index is 12.4. The first kappa shape index (κ1) is 16.1. The highest BCUT2D eigenvalue weighted by Gasteiger charge is 2.51. The molecule has 2 N–H and O–H groups in total. The first-order chi connectivity index (χ1) is 9.10. The van der Waals surface area contributed by atoms with E-state index in [1.165, 1.54) is 38.5 Å². The Labute approximate surface area is 129 Å². The van der Waals surface area contributed by atoms with E-state index in [0.29, 0.717) is 0 Å². The van der Waals surface area contributed by atoms with Gasteiger partial charge in [-0.25, -0.2) is 0 Å². The predicted molar refractivity (Wildman–Crippen MR) is 84.0 cm³/mol. The van der Waals surface area contributed by atoms with Gasteiger partial charge in [0.2, 0.25) is 5.91 Å². The van der Waals surface area contributed by atoms with Gasteiger partial charge in [0, 0.05) is 5.54 Å². The molecular weight excluding hydrogens is 272 g/mol. The Balaban J connectivity index is 0.00000147. The summed E-state index contributed by atoms with van der Waals surface area (Å²) >= 11 is 0. The summed E-state index contributed by atoms with van der Waals surface area (Å²) in [6.07, 6.45) is 9.09. The molecule has 4 aliphatic rings. The van der Waals surface area contributed by atoms with Gasteiger partial charge in [-0.1, -0.05) is 6.92 Å². The Morgan fingerprint density at radius 3 is 2.10 bits per heavy atom. The molecule has 0 aromatic heterocycles. The number of nitrogens with one attached hydrogen (secondary N) is 2. The van der Waals surface area contributed by atoms with Crippen LogP contribution >= 0.6 is 12.4 Å². The lowest BCUT2D eigenvalue weighted by Crippen LogP contribution is -2.62. The molecule has 0 saturated heterocycles. The highest BCUT2D eigenvalue weighted by molar-refractivity contribution is 5.85. The molecule has 4 aliphatic carbocycles. The molecule has 20 heavy (non-hydrogen) atoms. The van der Waals surface area contributed by atoms with Crippen molar-refractivity contribution in [3.8, 4) is 0 Å². The number of hydrogen-bond donors (Lipinski definition) is 2. The van der Waals surface area contributed by atoms with E-state index >= 15 is 0 Å². The van der Waals surface area contributed by atoms with Crippen LogP contribution in [0.5, 0.6) is 0 Å². The Morgan fingerprint density at radius 2 is 1.65 bits per heavy atom. The molecule has 0 heterocycles. The Morgan fingerprint density at radius 1 is 1.15 bits per heavy atom. The van der Waals surface area contributed by atoms with Gasteiger partial charge in [-0.2, -0.15) is 0 Å². The number of hydrogen-bond acceptors (Lipinski definition) is 2. The van der Waals surface area contributed by atoms with Crippen molar-refractivity contribution in [2.24, 2.45) is 17.8 Å². The molecule has 0 spiro atoms. The standard InChI is InChI=1S/C16H28N2O.ClH/c1-3-4-17-11(2)15(19)18-16-8-12-5-13(9-16)7-14(6-12)10-16;/h11-14,17H,3-10H2,1-2H3,(H,18,19);1H. The molecule has 1 unspecified atom stereocenters. The third-order valence-corrected chi connectivity index (χ3v) is 5.52. The molecule has 4 fully saturated rings. The van der Waals surface area contributed by atoms with Gasteiger partial charge in [-0.05, 0) is 76.2 Å². The minimum atomic E-state index is -0.0482. The van der Waals surface area contributed by atoms with Crippen LogP contribution in [0.2, 0.25) is 0 Å². The minimum Gasteiger partial charge on any atom is -0.349 e. The van der Waals surface area contributed by atoms with Gasteiger partial charge in [-0.15, -0.1) is 12.4 Å². The zero-order valence-corrected chi connectivity index (χ0v) is 13.6. The molecule has 4 saturated carbocycles. The van der Waals surface area contributed by atoms with Crippen LogP contribution in [0.4, 0.5) is 0 Å². The van der Waals surface area contributed by atoms with E-state index in [4.69, 9.17) is 0 Å². The lowest BCUT2D eigenvalue weighted by Gasteiger charge is -2.57. The molecule has 4 rings (SSSR count). The quantitative estimate of drug-likeness (QED) is 0.820. The summed E-state index contributed by atoms with van der Waals surface area (Å²) in [6, 6.07) is -0.0482. The molecule has 3 nitrogen and oxygen atoms in total. The van der Waals surface area contributed by atoms with Crippen molar-refractivity contribution in [3.63, 3.8) is 0 Å². The number of amides is 1. The van der Waals surface area contributed by atoms with E-state index < -0.39 is 0 Å². The van der Waals surface area contributed by atoms with Gasteiger partial charge >= 0.3 is 0 Å². The van der Waals surface area contributed by atoms with Crippen molar-refractivity contribution in [2.45, 2.75) is 70.4 Å². The lowest BCUT2D eigenvalue weighted by molar-refractivity contribution is -0.128. The second-order valence-corrected chi connectivity index (χ2v) is 7.36. The SMILES string of the molecule is CCCNC(C)C(=O)NC12CC3CC(CC(C3)C1)C2.Cl. The topological polar surface area (TPSA) is 41.1 Å². The summed E-state index contributed by atoms with van der Waals surface area (Å²) in [5.74, 6) is 2.90. The van der Waals surface area contributed by atoms with Crippen molar-refractivity contribution in [1.29, 1.82) is 0 Å². The normalized spacial score (nSPS) is 39.2. The van der Waals surface area contributed by atoms with Crippen molar-refractivity contribution >= 4 is 18.3 Å². The zero-order chi connectivity index (χ0) is 13.5. The first-order valence-electron chi connectivity index (χ1n) is 8.15. The van der Waals surface area contributed by atoms with Crippen molar-refractivity contribution in [3.05, 3.63) is 0 Å². The monoisotopic (exact) mass is 300 g/mol. The third-order valence-electron chi connectivity index (χ3n) is 5.52. The first-order valence-corrected chi connectivity index (χ1v) is 8.15. The molecule has 4 bridgehead atoms. The van der Waals surface area contributed by atoms with Gasteiger partial charge in [0.1, 0.15) is 0 Å². The minimum absolute atomic E-state index is 0. The molecule has 0 aromatic rings. The smallest absolute Gasteiger partial charge is 0.237 e. The van der Waals surface area contributed by atoms with E-state index in [2.05, 4.69) is 17.6 Å².